The lowest BCUT2D eigenvalue weighted by molar-refractivity contribution is -0.148. The lowest BCUT2D eigenvalue weighted by atomic mass is 10.0. The molecular weight excluding hydrogens is 238 g/mol. The smallest absolute Gasteiger partial charge is 0.310 e. The molecule has 0 amide bonds. The predicted octanol–water partition coefficient (Wildman–Crippen LogP) is 3.07. The maximum atomic E-state index is 11.9. The highest BCUT2D eigenvalue weighted by Crippen LogP contribution is 2.29. The van der Waals surface area contributed by atoms with Gasteiger partial charge in [-0.3, -0.25) is 4.79 Å². The van der Waals surface area contributed by atoms with E-state index in [0.29, 0.717) is 6.61 Å². The fourth-order valence-corrected chi connectivity index (χ4v) is 2.85. The summed E-state index contributed by atoms with van der Waals surface area (Å²) in [5.74, 6) is -0.0242. The van der Waals surface area contributed by atoms with Crippen LogP contribution in [-0.4, -0.2) is 18.6 Å². The molecule has 0 aromatic heterocycles. The molecule has 0 aliphatic heterocycles. The summed E-state index contributed by atoms with van der Waals surface area (Å²) in [5.41, 5.74) is 1.26. The minimum Gasteiger partial charge on any atom is -0.466 e. The maximum absolute atomic E-state index is 11.9. The van der Waals surface area contributed by atoms with Crippen LogP contribution in [0.4, 0.5) is 0 Å². The van der Waals surface area contributed by atoms with Crippen LogP contribution in [0.5, 0.6) is 0 Å². The molecule has 1 aliphatic rings. The summed E-state index contributed by atoms with van der Waals surface area (Å²) < 4.78 is 5.16. The van der Waals surface area contributed by atoms with E-state index in [1.165, 1.54) is 5.56 Å². The lowest BCUT2D eigenvalue weighted by Crippen LogP contribution is -2.38. The van der Waals surface area contributed by atoms with Gasteiger partial charge in [0.05, 0.1) is 12.5 Å². The van der Waals surface area contributed by atoms with E-state index < -0.39 is 0 Å². The summed E-state index contributed by atoms with van der Waals surface area (Å²) in [4.78, 5) is 11.9. The molecule has 0 radical (unpaired) electrons. The van der Waals surface area contributed by atoms with Crippen molar-refractivity contribution >= 4 is 5.97 Å². The average Bonchev–Trinajstić information content (AvgIpc) is 2.88. The van der Waals surface area contributed by atoms with Crippen LogP contribution in [-0.2, 0) is 9.53 Å². The third kappa shape index (κ3) is 3.57. The van der Waals surface area contributed by atoms with Crippen LogP contribution >= 0.6 is 0 Å². The molecule has 1 fully saturated rings. The van der Waals surface area contributed by atoms with Gasteiger partial charge in [-0.2, -0.15) is 0 Å². The van der Waals surface area contributed by atoms with Crippen LogP contribution in [0.25, 0.3) is 0 Å². The molecule has 3 nitrogen and oxygen atoms in total. The van der Waals surface area contributed by atoms with E-state index in [4.69, 9.17) is 4.74 Å². The largest absolute Gasteiger partial charge is 0.466 e. The molecule has 1 aromatic rings. The van der Waals surface area contributed by atoms with Gasteiger partial charge < -0.3 is 10.1 Å². The summed E-state index contributed by atoms with van der Waals surface area (Å²) in [6.07, 6.45) is 3.10. The Morgan fingerprint density at radius 1 is 1.37 bits per heavy atom. The predicted molar refractivity (Wildman–Crippen MR) is 75.8 cm³/mol. The summed E-state index contributed by atoms with van der Waals surface area (Å²) in [7, 11) is 0. The standard InChI is InChI=1S/C16H23NO2/c1-3-19-16(18)14-10-7-11-15(14)17-12(2)13-8-5-4-6-9-13/h4-6,8-9,12,14-15,17H,3,7,10-11H2,1-2H3/t12-,14?,15+/m0/s1. The monoisotopic (exact) mass is 261 g/mol. The highest BCUT2D eigenvalue weighted by molar-refractivity contribution is 5.73. The summed E-state index contributed by atoms with van der Waals surface area (Å²) in [6, 6.07) is 10.9. The van der Waals surface area contributed by atoms with Crippen LogP contribution < -0.4 is 5.32 Å². The van der Waals surface area contributed by atoms with E-state index in [1.807, 2.05) is 25.1 Å². The molecule has 0 spiro atoms. The Morgan fingerprint density at radius 3 is 2.79 bits per heavy atom. The van der Waals surface area contributed by atoms with Crippen molar-refractivity contribution in [3.63, 3.8) is 0 Å². The summed E-state index contributed by atoms with van der Waals surface area (Å²) in [6.45, 7) is 4.48. The van der Waals surface area contributed by atoms with Gasteiger partial charge in [-0.25, -0.2) is 0 Å². The zero-order chi connectivity index (χ0) is 13.7. The number of carbonyl (C=O) groups excluding carboxylic acids is 1. The van der Waals surface area contributed by atoms with Crippen LogP contribution in [0.1, 0.15) is 44.7 Å². The number of rotatable bonds is 5. The lowest BCUT2D eigenvalue weighted by Gasteiger charge is -2.24. The number of nitrogens with one attached hydrogen (secondary N) is 1. The van der Waals surface area contributed by atoms with E-state index in [9.17, 15) is 4.79 Å². The van der Waals surface area contributed by atoms with E-state index in [1.54, 1.807) is 0 Å². The van der Waals surface area contributed by atoms with Crippen molar-refractivity contribution in [3.05, 3.63) is 35.9 Å². The van der Waals surface area contributed by atoms with Crippen LogP contribution in [0.2, 0.25) is 0 Å². The molecule has 1 N–H and O–H groups in total. The first-order valence-corrected chi connectivity index (χ1v) is 7.20. The van der Waals surface area contributed by atoms with E-state index in [-0.39, 0.29) is 24.0 Å². The second kappa shape index (κ2) is 6.71. The molecule has 19 heavy (non-hydrogen) atoms. The number of hydrogen-bond donors (Lipinski definition) is 1. The van der Waals surface area contributed by atoms with Crippen molar-refractivity contribution in [1.29, 1.82) is 0 Å². The van der Waals surface area contributed by atoms with Gasteiger partial charge in [0.2, 0.25) is 0 Å². The molecule has 3 heteroatoms. The highest BCUT2D eigenvalue weighted by Gasteiger charge is 2.34. The zero-order valence-electron chi connectivity index (χ0n) is 11.8. The first-order valence-electron chi connectivity index (χ1n) is 7.20. The Hall–Kier alpha value is -1.35. The Kier molecular flexibility index (Phi) is 4.97. The molecule has 1 aromatic carbocycles. The SMILES string of the molecule is CCOC(=O)C1CCC[C@H]1N[C@@H](C)c1ccccc1. The molecule has 0 heterocycles. The van der Waals surface area contributed by atoms with Gasteiger partial charge in [0, 0.05) is 12.1 Å². The molecule has 1 unspecified atom stereocenters. The van der Waals surface area contributed by atoms with E-state index in [2.05, 4.69) is 24.4 Å². The third-order valence-electron chi connectivity index (χ3n) is 3.87. The molecule has 2 rings (SSSR count). The van der Waals surface area contributed by atoms with Gasteiger partial charge in [-0.1, -0.05) is 36.8 Å². The molecule has 3 atom stereocenters. The van der Waals surface area contributed by atoms with Gasteiger partial charge in [0.1, 0.15) is 0 Å². The number of ether oxygens (including phenoxy) is 1. The van der Waals surface area contributed by atoms with E-state index >= 15 is 0 Å². The Balaban J connectivity index is 1.96. The maximum Gasteiger partial charge on any atom is 0.310 e. The van der Waals surface area contributed by atoms with Crippen molar-refractivity contribution in [2.24, 2.45) is 5.92 Å². The summed E-state index contributed by atoms with van der Waals surface area (Å²) in [5, 5.41) is 3.58. The summed E-state index contributed by atoms with van der Waals surface area (Å²) >= 11 is 0. The number of benzene rings is 1. The minimum atomic E-state index is -0.0437. The number of esters is 1. The minimum absolute atomic E-state index is 0.0195. The van der Waals surface area contributed by atoms with Crippen LogP contribution in [0.15, 0.2) is 30.3 Å². The number of carbonyl (C=O) groups is 1. The van der Waals surface area contributed by atoms with Crippen molar-refractivity contribution in [2.75, 3.05) is 6.61 Å². The van der Waals surface area contributed by atoms with Crippen LogP contribution in [0.3, 0.4) is 0 Å². The first-order chi connectivity index (χ1) is 9.22. The molecule has 0 bridgehead atoms. The van der Waals surface area contributed by atoms with Crippen molar-refractivity contribution in [3.8, 4) is 0 Å². The van der Waals surface area contributed by atoms with Gasteiger partial charge in [0.25, 0.3) is 0 Å². The molecule has 104 valence electrons. The van der Waals surface area contributed by atoms with Crippen molar-refractivity contribution in [1.82, 2.24) is 5.32 Å². The van der Waals surface area contributed by atoms with Gasteiger partial charge >= 0.3 is 5.97 Å². The quantitative estimate of drug-likeness (QED) is 0.828. The topological polar surface area (TPSA) is 38.3 Å². The zero-order valence-corrected chi connectivity index (χ0v) is 11.8. The Morgan fingerprint density at radius 2 is 2.11 bits per heavy atom. The highest BCUT2D eigenvalue weighted by atomic mass is 16.5. The molecule has 1 aliphatic carbocycles. The molecule has 0 saturated heterocycles. The number of hydrogen-bond acceptors (Lipinski definition) is 3. The first kappa shape index (κ1) is 14.1. The van der Waals surface area contributed by atoms with Crippen molar-refractivity contribution < 1.29 is 9.53 Å². The second-order valence-corrected chi connectivity index (χ2v) is 5.19. The average molecular weight is 261 g/mol. The van der Waals surface area contributed by atoms with Crippen molar-refractivity contribution in [2.45, 2.75) is 45.2 Å². The fraction of sp³-hybridized carbons (Fsp3) is 0.562. The van der Waals surface area contributed by atoms with E-state index in [0.717, 1.165) is 19.3 Å². The Labute approximate surface area is 115 Å². The van der Waals surface area contributed by atoms with Crippen LogP contribution in [0, 0.1) is 5.92 Å². The normalized spacial score (nSPS) is 24.1. The van der Waals surface area contributed by atoms with Gasteiger partial charge in [-0.05, 0) is 32.3 Å². The van der Waals surface area contributed by atoms with Gasteiger partial charge in [0.15, 0.2) is 0 Å². The third-order valence-corrected chi connectivity index (χ3v) is 3.87. The van der Waals surface area contributed by atoms with Gasteiger partial charge in [-0.15, -0.1) is 0 Å². The molecule has 1 saturated carbocycles. The molecular formula is C16H23NO2. The second-order valence-electron chi connectivity index (χ2n) is 5.19. The Bertz CT molecular complexity index is 404. The fourth-order valence-electron chi connectivity index (χ4n) is 2.85.